The molecule has 0 saturated heterocycles. The summed E-state index contributed by atoms with van der Waals surface area (Å²) < 4.78 is 12.0. The van der Waals surface area contributed by atoms with Crippen molar-refractivity contribution in [2.45, 2.75) is 66.2 Å². The van der Waals surface area contributed by atoms with Gasteiger partial charge in [0.2, 0.25) is 5.95 Å². The predicted molar refractivity (Wildman–Crippen MR) is 95.1 cm³/mol. The molecule has 21 heavy (non-hydrogen) atoms. The minimum Gasteiger partial charge on any atom is -0.220 e. The van der Waals surface area contributed by atoms with Crippen molar-refractivity contribution in [3.8, 4) is 0 Å². The Hall–Kier alpha value is -0.211. The summed E-state index contributed by atoms with van der Waals surface area (Å²) in [7, 11) is 0. The molecule has 0 aromatic heterocycles. The maximum Gasteiger partial charge on any atom is 0.214 e. The molecule has 0 atom stereocenters. The third-order valence-electron chi connectivity index (χ3n) is 1.88. The van der Waals surface area contributed by atoms with Crippen LogP contribution in [-0.2, 0) is 0 Å². The molecule has 120 valence electrons. The average molecular weight is 400 g/mol. The van der Waals surface area contributed by atoms with E-state index in [0.29, 0.717) is 0 Å². The van der Waals surface area contributed by atoms with E-state index in [1.807, 2.05) is 0 Å². The fraction of sp³-hybridized carbons (Fsp3) is 0.556. The molecule has 0 aromatic rings. The Morgan fingerprint density at radius 3 is 1.48 bits per heavy atom. The summed E-state index contributed by atoms with van der Waals surface area (Å²) in [6.07, 6.45) is 9.49. The minimum atomic E-state index is -0.443. The van der Waals surface area contributed by atoms with Crippen LogP contribution in [0.15, 0.2) is 29.5 Å². The van der Waals surface area contributed by atoms with Gasteiger partial charge >= 0.3 is 0 Å². The van der Waals surface area contributed by atoms with Gasteiger partial charge in [-0.2, -0.15) is 4.39 Å². The van der Waals surface area contributed by atoms with Crippen molar-refractivity contribution in [2.24, 2.45) is 0 Å². The van der Waals surface area contributed by atoms with Gasteiger partial charge in [0.15, 0.2) is 0 Å². The molecule has 3 heteroatoms. The molecule has 0 fully saturated rings. The number of unbranched alkanes of at least 4 members (excludes halogenated alkanes) is 3. The van der Waals surface area contributed by atoms with Crippen LogP contribution in [0.3, 0.4) is 0 Å². The number of hydrogen-bond donors (Lipinski definition) is 0. The van der Waals surface area contributed by atoms with E-state index in [-0.39, 0.29) is 23.9 Å². The van der Waals surface area contributed by atoms with Crippen molar-refractivity contribution in [1.82, 2.24) is 5.32 Å². The Bertz CT molecular complexity index is 251. The van der Waals surface area contributed by atoms with E-state index in [2.05, 4.69) is 52.6 Å². The van der Waals surface area contributed by atoms with Crippen LogP contribution in [0, 0.1) is 20.8 Å². The molecular weight excluding hydrogens is 368 g/mol. The first kappa shape index (κ1) is 28.9. The van der Waals surface area contributed by atoms with Gasteiger partial charge in [-0.3, -0.25) is 0 Å². The van der Waals surface area contributed by atoms with E-state index in [1.54, 1.807) is 6.92 Å². The summed E-state index contributed by atoms with van der Waals surface area (Å²) in [4.78, 5) is 0. The van der Waals surface area contributed by atoms with E-state index < -0.39 is 5.95 Å². The number of nitrogens with zero attached hydrogens (tertiary/aromatic N) is 1. The molecule has 0 amide bonds. The van der Waals surface area contributed by atoms with Crippen LogP contribution in [0.5, 0.6) is 0 Å². The average Bonchev–Trinajstić information content (AvgIpc) is 2.47. The first-order valence-corrected chi connectivity index (χ1v) is 7.41. The third kappa shape index (κ3) is 38.3. The first-order chi connectivity index (χ1) is 9.53. The molecule has 0 unspecified atom stereocenters. The smallest absolute Gasteiger partial charge is 0.214 e. The van der Waals surface area contributed by atoms with Crippen molar-refractivity contribution in [3.63, 3.8) is 0 Å². The fourth-order valence-corrected chi connectivity index (χ4v) is 0.453. The zero-order valence-corrected chi connectivity index (χ0v) is 17.2. The van der Waals surface area contributed by atoms with Crippen LogP contribution in [0.2, 0.25) is 0 Å². The molecule has 1 heterocycles. The minimum absolute atomic E-state index is 0. The van der Waals surface area contributed by atoms with Gasteiger partial charge in [0.25, 0.3) is 0 Å². The van der Waals surface area contributed by atoms with Crippen molar-refractivity contribution in [1.29, 1.82) is 0 Å². The zero-order valence-electron chi connectivity index (χ0n) is 14.3. The van der Waals surface area contributed by atoms with Crippen molar-refractivity contribution >= 4 is 23.9 Å². The molecule has 0 aromatic carbocycles. The molecular formula is C18H32FNSn. The third-order valence-corrected chi connectivity index (χ3v) is 1.88. The van der Waals surface area contributed by atoms with E-state index in [1.165, 1.54) is 31.5 Å². The second-order valence-corrected chi connectivity index (χ2v) is 4.11. The SMILES string of the molecule is CC1=C=C[N]C(F)=C1.[CH2]CCC.[CH2]CCC.[CH2]CCC.[Sn]. The second-order valence-electron chi connectivity index (χ2n) is 4.11. The summed E-state index contributed by atoms with van der Waals surface area (Å²) in [6, 6.07) is 0. The second kappa shape index (κ2) is 28.0. The molecule has 1 aliphatic heterocycles. The van der Waals surface area contributed by atoms with Gasteiger partial charge in [-0.05, 0) is 12.5 Å². The van der Waals surface area contributed by atoms with Gasteiger partial charge in [0.05, 0.1) is 6.20 Å². The Balaban J connectivity index is -0.0000000973. The van der Waals surface area contributed by atoms with Crippen molar-refractivity contribution in [2.75, 3.05) is 0 Å². The molecule has 0 N–H and O–H groups in total. The Kier molecular flexibility index (Phi) is 38.5. The summed E-state index contributed by atoms with van der Waals surface area (Å²) in [5, 5.41) is 3.32. The quantitative estimate of drug-likeness (QED) is 0.316. The van der Waals surface area contributed by atoms with E-state index in [9.17, 15) is 4.39 Å². The largest absolute Gasteiger partial charge is 0.220 e. The maximum absolute atomic E-state index is 12.0. The Labute approximate surface area is 150 Å². The molecule has 1 aliphatic rings. The summed E-state index contributed by atoms with van der Waals surface area (Å²) in [5.41, 5.74) is 3.50. The normalized spacial score (nSPS) is 10.7. The number of rotatable bonds is 3. The first-order valence-electron chi connectivity index (χ1n) is 7.41. The topological polar surface area (TPSA) is 14.1 Å². The van der Waals surface area contributed by atoms with Crippen LogP contribution in [0.25, 0.3) is 0 Å². The van der Waals surface area contributed by atoms with Crippen LogP contribution in [0.4, 0.5) is 4.39 Å². The van der Waals surface area contributed by atoms with Gasteiger partial charge in [-0.1, -0.05) is 85.8 Å². The summed E-state index contributed by atoms with van der Waals surface area (Å²) in [5.74, 6) is -0.443. The maximum atomic E-state index is 12.0. The summed E-state index contributed by atoms with van der Waals surface area (Å²) in [6.45, 7) is 18.9. The van der Waals surface area contributed by atoms with Gasteiger partial charge in [0.1, 0.15) is 0 Å². The number of hydrogen-bond acceptors (Lipinski definition) is 0. The predicted octanol–water partition coefficient (Wildman–Crippen LogP) is 5.96. The van der Waals surface area contributed by atoms with Crippen molar-refractivity contribution < 1.29 is 4.39 Å². The van der Waals surface area contributed by atoms with Crippen molar-refractivity contribution in [3.05, 3.63) is 50.3 Å². The van der Waals surface area contributed by atoms with Gasteiger partial charge in [-0.25, -0.2) is 5.32 Å². The molecule has 8 radical (unpaired) electrons. The Morgan fingerprint density at radius 2 is 1.33 bits per heavy atom. The zero-order chi connectivity index (χ0) is 16.2. The molecule has 0 bridgehead atoms. The van der Waals surface area contributed by atoms with Gasteiger partial charge in [0, 0.05) is 30.0 Å². The van der Waals surface area contributed by atoms with E-state index in [4.69, 9.17) is 0 Å². The Morgan fingerprint density at radius 1 is 1.00 bits per heavy atom. The number of allylic oxidation sites excluding steroid dienone is 2. The fourth-order valence-electron chi connectivity index (χ4n) is 0.453. The molecule has 1 rings (SSSR count). The molecule has 0 aliphatic carbocycles. The standard InChI is InChI=1S/C6H5FN.3C4H9.Sn/c1-5-2-3-8-6(7)4-5;3*1-3-4-2;/h3-4H,1H3;3*1,3-4H2,2H3;. The number of halogens is 1. The summed E-state index contributed by atoms with van der Waals surface area (Å²) >= 11 is 0. The van der Waals surface area contributed by atoms with E-state index in [0.717, 1.165) is 24.8 Å². The molecule has 0 saturated carbocycles. The molecule has 1 nitrogen and oxygen atoms in total. The van der Waals surface area contributed by atoms with Gasteiger partial charge in [-0.15, -0.1) is 0 Å². The molecule has 0 spiro atoms. The monoisotopic (exact) mass is 401 g/mol. The van der Waals surface area contributed by atoms with Crippen LogP contribution >= 0.6 is 0 Å². The van der Waals surface area contributed by atoms with Crippen LogP contribution < -0.4 is 5.32 Å². The van der Waals surface area contributed by atoms with Crippen LogP contribution in [-0.4, -0.2) is 23.9 Å². The van der Waals surface area contributed by atoms with Crippen LogP contribution in [0.1, 0.15) is 66.2 Å². The van der Waals surface area contributed by atoms with Gasteiger partial charge < -0.3 is 0 Å². The van der Waals surface area contributed by atoms with E-state index >= 15 is 0 Å².